The summed E-state index contributed by atoms with van der Waals surface area (Å²) in [7, 11) is 0. The van der Waals surface area contributed by atoms with E-state index >= 15 is 0 Å². The highest BCUT2D eigenvalue weighted by molar-refractivity contribution is 5.85. The molecule has 2 aromatic carbocycles. The van der Waals surface area contributed by atoms with Gasteiger partial charge in [-0.05, 0) is 75.3 Å². The van der Waals surface area contributed by atoms with E-state index in [0.717, 1.165) is 31.2 Å². The lowest BCUT2D eigenvalue weighted by molar-refractivity contribution is 0.233. The average Bonchev–Trinajstić information content (AvgIpc) is 3.19. The van der Waals surface area contributed by atoms with Gasteiger partial charge in [0, 0.05) is 23.4 Å². The van der Waals surface area contributed by atoms with Crippen molar-refractivity contribution in [1.29, 1.82) is 0 Å². The minimum atomic E-state index is 0.759. The lowest BCUT2D eigenvalue weighted by atomic mass is 9.79. The van der Waals surface area contributed by atoms with E-state index in [9.17, 15) is 0 Å². The van der Waals surface area contributed by atoms with Gasteiger partial charge in [0.25, 0.3) is 0 Å². The van der Waals surface area contributed by atoms with Crippen LogP contribution < -0.4 is 0 Å². The minimum Gasteiger partial charge on any atom is -0.268 e. The predicted molar refractivity (Wildman–Crippen MR) is 139 cm³/mol. The van der Waals surface area contributed by atoms with Crippen LogP contribution in [-0.2, 0) is 19.4 Å². The van der Waals surface area contributed by atoms with Crippen LogP contribution >= 0.6 is 0 Å². The zero-order chi connectivity index (χ0) is 22.8. The van der Waals surface area contributed by atoms with Gasteiger partial charge in [-0.2, -0.15) is 5.10 Å². The van der Waals surface area contributed by atoms with Gasteiger partial charge in [0.2, 0.25) is 0 Å². The molecule has 1 heterocycles. The van der Waals surface area contributed by atoms with E-state index in [1.807, 2.05) is 0 Å². The number of allylic oxidation sites excluding steroid dienone is 1. The Hall–Kier alpha value is -2.61. The van der Waals surface area contributed by atoms with E-state index < -0.39 is 0 Å². The molecule has 0 radical (unpaired) electrons. The van der Waals surface area contributed by atoms with Crippen molar-refractivity contribution in [3.05, 3.63) is 77.5 Å². The van der Waals surface area contributed by atoms with E-state index in [-0.39, 0.29) is 0 Å². The molecule has 0 bridgehead atoms. The van der Waals surface area contributed by atoms with E-state index in [0.29, 0.717) is 0 Å². The first-order chi connectivity index (χ1) is 16.1. The van der Waals surface area contributed by atoms with Crippen LogP contribution in [0.15, 0.2) is 60.7 Å². The third-order valence-electron chi connectivity index (χ3n) is 7.91. The van der Waals surface area contributed by atoms with Gasteiger partial charge >= 0.3 is 0 Å². The fourth-order valence-electron chi connectivity index (χ4n) is 5.97. The summed E-state index contributed by atoms with van der Waals surface area (Å²) in [5.74, 6) is 1.68. The molecule has 0 spiro atoms. The zero-order valence-electron chi connectivity index (χ0n) is 20.4. The Kier molecular flexibility index (Phi) is 6.53. The molecule has 2 aliphatic rings. The van der Waals surface area contributed by atoms with Gasteiger partial charge < -0.3 is 0 Å². The molecule has 1 saturated carbocycles. The minimum absolute atomic E-state index is 0.759. The van der Waals surface area contributed by atoms with Gasteiger partial charge in [-0.25, -0.2) is 0 Å². The first kappa shape index (κ1) is 22.2. The number of rotatable bonds is 7. The predicted octanol–water partition coefficient (Wildman–Crippen LogP) is 8.18. The third-order valence-corrected chi connectivity index (χ3v) is 7.91. The summed E-state index contributed by atoms with van der Waals surface area (Å²) in [5, 5.41) is 5.28. The molecular weight excluding hydrogens is 400 g/mol. The average molecular weight is 439 g/mol. The topological polar surface area (TPSA) is 17.8 Å². The molecule has 1 fully saturated rings. The van der Waals surface area contributed by atoms with Crippen molar-refractivity contribution in [2.75, 3.05) is 0 Å². The van der Waals surface area contributed by atoms with Crippen LogP contribution in [-0.4, -0.2) is 9.78 Å². The molecule has 0 unspecified atom stereocenters. The molecule has 0 aliphatic heterocycles. The zero-order valence-corrected chi connectivity index (χ0v) is 20.4. The van der Waals surface area contributed by atoms with Crippen LogP contribution in [0.1, 0.15) is 68.7 Å². The normalized spacial score (nSPS) is 19.7. The van der Waals surface area contributed by atoms with E-state index in [4.69, 9.17) is 5.10 Å². The highest BCUT2D eigenvalue weighted by Gasteiger charge is 2.28. The molecule has 2 nitrogen and oxygen atoms in total. The maximum atomic E-state index is 5.28. The van der Waals surface area contributed by atoms with Crippen molar-refractivity contribution in [3.63, 3.8) is 0 Å². The van der Waals surface area contributed by atoms with Crippen LogP contribution in [0, 0.1) is 18.8 Å². The molecule has 0 atom stereocenters. The third kappa shape index (κ3) is 4.86. The highest BCUT2D eigenvalue weighted by Crippen LogP contribution is 2.41. The summed E-state index contributed by atoms with van der Waals surface area (Å²) in [6.07, 6.45) is 11.6. The maximum Gasteiger partial charge on any atom is 0.100 e. The second-order valence-corrected chi connectivity index (χ2v) is 10.6. The van der Waals surface area contributed by atoms with Gasteiger partial charge in [-0.15, -0.1) is 6.58 Å². The van der Waals surface area contributed by atoms with Crippen LogP contribution in [0.3, 0.4) is 0 Å². The lowest BCUT2D eigenvalue weighted by Crippen LogP contribution is -2.21. The molecule has 33 heavy (non-hydrogen) atoms. The molecule has 0 N–H and O–H groups in total. The van der Waals surface area contributed by atoms with Crippen molar-refractivity contribution in [3.8, 4) is 22.4 Å². The molecule has 0 amide bonds. The number of nitrogens with zero attached hydrogens (tertiary/aromatic N) is 2. The number of hydrogen-bond donors (Lipinski definition) is 0. The summed E-state index contributed by atoms with van der Waals surface area (Å²) >= 11 is 0. The molecule has 5 rings (SSSR count). The lowest BCUT2D eigenvalue weighted by Gasteiger charge is -2.29. The van der Waals surface area contributed by atoms with Crippen LogP contribution in [0.4, 0.5) is 0 Å². The van der Waals surface area contributed by atoms with E-state index in [1.54, 1.807) is 0 Å². The molecular formula is C31H38N2. The molecule has 3 aromatic rings. The smallest absolute Gasteiger partial charge is 0.100 e. The Morgan fingerprint density at radius 3 is 2.45 bits per heavy atom. The monoisotopic (exact) mass is 438 g/mol. The number of hydrogen-bond acceptors (Lipinski definition) is 1. The maximum absolute atomic E-state index is 5.28. The Morgan fingerprint density at radius 2 is 1.70 bits per heavy atom. The Morgan fingerprint density at radius 1 is 0.970 bits per heavy atom. The van der Waals surface area contributed by atoms with Crippen LogP contribution in [0.25, 0.3) is 22.4 Å². The molecule has 1 aromatic heterocycles. The number of benzene rings is 2. The fourth-order valence-corrected chi connectivity index (χ4v) is 5.97. The standard InChI is InChI=1S/C31H38N2/c1-22(2)7-6-8-24-13-15-25(16-14-24)21-33-29-20-19-26-9-4-5-10-28(26)30(29)31(32-33)27-17-11-23(3)12-18-27/h4-5,9-12,17-18,24-25H,1,6-8,13-16,19-21H2,2-3H3. The summed E-state index contributed by atoms with van der Waals surface area (Å²) in [5.41, 5.74) is 10.7. The van der Waals surface area contributed by atoms with Crippen LogP contribution in [0.2, 0.25) is 0 Å². The van der Waals surface area contributed by atoms with Crippen molar-refractivity contribution < 1.29 is 0 Å². The quantitative estimate of drug-likeness (QED) is 0.340. The molecule has 172 valence electrons. The van der Waals surface area contributed by atoms with Gasteiger partial charge in [0.15, 0.2) is 0 Å². The van der Waals surface area contributed by atoms with E-state index in [2.05, 4.69) is 73.6 Å². The SMILES string of the molecule is C=C(C)CCCC1CCC(Cn2nc(-c3ccc(C)cc3)c3c2CCc2ccccc2-3)CC1. The second kappa shape index (κ2) is 9.71. The van der Waals surface area contributed by atoms with Crippen molar-refractivity contribution in [1.82, 2.24) is 9.78 Å². The second-order valence-electron chi connectivity index (χ2n) is 10.6. The Labute approximate surface area is 199 Å². The van der Waals surface area contributed by atoms with Gasteiger partial charge in [0.1, 0.15) is 5.69 Å². The summed E-state index contributed by atoms with van der Waals surface area (Å²) < 4.78 is 2.40. The van der Waals surface area contributed by atoms with Crippen LogP contribution in [0.5, 0.6) is 0 Å². The summed E-state index contributed by atoms with van der Waals surface area (Å²) in [4.78, 5) is 0. The van der Waals surface area contributed by atoms with E-state index in [1.165, 1.54) is 89.7 Å². The van der Waals surface area contributed by atoms with Gasteiger partial charge in [-0.1, -0.05) is 78.9 Å². The first-order valence-electron chi connectivity index (χ1n) is 13.0. The first-order valence-corrected chi connectivity index (χ1v) is 13.0. The number of fused-ring (bicyclic) bond motifs is 3. The van der Waals surface area contributed by atoms with Gasteiger partial charge in [0.05, 0.1) is 0 Å². The van der Waals surface area contributed by atoms with Crippen molar-refractivity contribution >= 4 is 0 Å². The summed E-state index contributed by atoms with van der Waals surface area (Å²) in [6.45, 7) is 9.46. The summed E-state index contributed by atoms with van der Waals surface area (Å²) in [6, 6.07) is 17.9. The van der Waals surface area contributed by atoms with Crippen molar-refractivity contribution in [2.24, 2.45) is 11.8 Å². The highest BCUT2D eigenvalue weighted by atomic mass is 15.3. The Balaban J connectivity index is 1.37. The molecule has 2 aliphatic carbocycles. The number of aryl methyl sites for hydroxylation is 2. The number of aromatic nitrogens is 2. The van der Waals surface area contributed by atoms with Gasteiger partial charge in [-0.3, -0.25) is 4.68 Å². The fraction of sp³-hybridized carbons (Fsp3) is 0.452. The van der Waals surface area contributed by atoms with Crippen molar-refractivity contribution in [2.45, 2.75) is 78.2 Å². The largest absolute Gasteiger partial charge is 0.268 e. The Bertz CT molecular complexity index is 1110. The molecule has 2 heteroatoms. The molecule has 0 saturated heterocycles.